The molecule has 0 aliphatic rings. The maximum absolute atomic E-state index is 12.6. The summed E-state index contributed by atoms with van der Waals surface area (Å²) in [5.41, 5.74) is 0.482. The highest BCUT2D eigenvalue weighted by atomic mass is 16.4. The molecule has 2 heterocycles. The maximum Gasteiger partial charge on any atom is 0.437 e. The van der Waals surface area contributed by atoms with Gasteiger partial charge < -0.3 is 9.32 Å². The molecule has 2 aromatic heterocycles. The van der Waals surface area contributed by atoms with E-state index in [2.05, 4.69) is 10.1 Å². The van der Waals surface area contributed by atoms with Gasteiger partial charge >= 0.3 is 5.76 Å². The van der Waals surface area contributed by atoms with Crippen LogP contribution in [0.25, 0.3) is 22.4 Å². The summed E-state index contributed by atoms with van der Waals surface area (Å²) in [6.07, 6.45) is 1.64. The Morgan fingerprint density at radius 3 is 2.54 bits per heavy atom. The average molecular weight is 354 g/mol. The number of fused-ring (bicyclic) bond motifs is 1. The largest absolute Gasteiger partial charge is 0.437 e. The minimum absolute atomic E-state index is 0.0318. The molecule has 0 saturated heterocycles. The monoisotopic (exact) mass is 354 g/mol. The van der Waals surface area contributed by atoms with Crippen LogP contribution in [0, 0.1) is 0 Å². The van der Waals surface area contributed by atoms with E-state index >= 15 is 0 Å². The quantitative estimate of drug-likeness (QED) is 0.704. The lowest BCUT2D eigenvalue weighted by Gasteiger charge is -2.30. The van der Waals surface area contributed by atoms with Gasteiger partial charge in [0.05, 0.1) is 0 Å². The van der Waals surface area contributed by atoms with E-state index in [4.69, 9.17) is 4.42 Å². The van der Waals surface area contributed by atoms with E-state index < -0.39 is 5.76 Å². The molecule has 1 aromatic carbocycles. The highest BCUT2D eigenvalue weighted by molar-refractivity contribution is 5.92. The zero-order valence-electron chi connectivity index (χ0n) is 15.3. The number of aromatic nitrogens is 3. The van der Waals surface area contributed by atoms with E-state index in [1.54, 1.807) is 11.1 Å². The summed E-state index contributed by atoms with van der Waals surface area (Å²) < 4.78 is 6.33. The number of rotatable bonds is 5. The van der Waals surface area contributed by atoms with Crippen LogP contribution in [0.4, 0.5) is 0 Å². The van der Waals surface area contributed by atoms with Gasteiger partial charge in [0.1, 0.15) is 12.2 Å². The molecule has 0 fully saturated rings. The molecule has 1 amide bonds. The fraction of sp³-hybridized carbons (Fsp3) is 0.368. The first kappa shape index (κ1) is 17.8. The molecule has 136 valence electrons. The molecule has 3 aromatic rings. The normalized spacial score (nSPS) is 11.5. The number of benzene rings is 1. The van der Waals surface area contributed by atoms with Gasteiger partial charge in [0.2, 0.25) is 5.91 Å². The topological polar surface area (TPSA) is 81.2 Å². The molecule has 0 unspecified atom stereocenters. The first-order valence-corrected chi connectivity index (χ1v) is 8.61. The zero-order chi connectivity index (χ0) is 18.8. The molecule has 0 radical (unpaired) electrons. The molecule has 7 heteroatoms. The van der Waals surface area contributed by atoms with Crippen LogP contribution in [0.3, 0.4) is 0 Å². The van der Waals surface area contributed by atoms with Crippen LogP contribution in [0.2, 0.25) is 0 Å². The third kappa shape index (κ3) is 3.37. The molecule has 0 N–H and O–H groups in total. The number of hydrogen-bond acceptors (Lipinski definition) is 5. The first-order valence-electron chi connectivity index (χ1n) is 8.61. The summed E-state index contributed by atoms with van der Waals surface area (Å²) in [6, 6.07) is 9.58. The highest BCUT2D eigenvalue weighted by Crippen LogP contribution is 2.24. The van der Waals surface area contributed by atoms with Crippen LogP contribution >= 0.6 is 0 Å². The van der Waals surface area contributed by atoms with E-state index in [1.165, 1.54) is 0 Å². The van der Waals surface area contributed by atoms with E-state index in [-0.39, 0.29) is 30.4 Å². The second-order valence-corrected chi connectivity index (χ2v) is 6.70. The minimum atomic E-state index is -0.671. The van der Waals surface area contributed by atoms with Crippen molar-refractivity contribution in [2.75, 3.05) is 0 Å². The smallest absolute Gasteiger partial charge is 0.386 e. The minimum Gasteiger partial charge on any atom is -0.386 e. The fourth-order valence-electron chi connectivity index (χ4n) is 3.17. The third-order valence-electron chi connectivity index (χ3n) is 4.17. The molecule has 3 rings (SSSR count). The Hall–Kier alpha value is -2.96. The lowest BCUT2D eigenvalue weighted by atomic mass is 10.1. The van der Waals surface area contributed by atoms with Crippen LogP contribution in [0.15, 0.2) is 45.7 Å². The molecular formula is C19H22N4O3. The van der Waals surface area contributed by atoms with Gasteiger partial charge in [-0.05, 0) is 39.1 Å². The summed E-state index contributed by atoms with van der Waals surface area (Å²) >= 11 is 0. The predicted octanol–water partition coefficient (Wildman–Crippen LogP) is 2.70. The lowest BCUT2D eigenvalue weighted by Crippen LogP contribution is -2.44. The van der Waals surface area contributed by atoms with Crippen molar-refractivity contribution in [3.63, 3.8) is 0 Å². The summed E-state index contributed by atoms with van der Waals surface area (Å²) in [5, 5.41) is 6.00. The molecule has 0 aliphatic carbocycles. The molecule has 0 aliphatic heterocycles. The van der Waals surface area contributed by atoms with Crippen molar-refractivity contribution in [3.8, 4) is 11.6 Å². The average Bonchev–Trinajstić information content (AvgIpc) is 2.94. The summed E-state index contributed by atoms with van der Waals surface area (Å²) in [7, 11) is 0. The van der Waals surface area contributed by atoms with Gasteiger partial charge in [-0.1, -0.05) is 24.3 Å². The van der Waals surface area contributed by atoms with E-state index in [1.807, 2.05) is 58.0 Å². The Labute approximate surface area is 151 Å². The van der Waals surface area contributed by atoms with Gasteiger partial charge in [0, 0.05) is 23.7 Å². The van der Waals surface area contributed by atoms with Crippen molar-refractivity contribution in [2.45, 2.75) is 46.3 Å². The highest BCUT2D eigenvalue weighted by Gasteiger charge is 2.23. The van der Waals surface area contributed by atoms with Gasteiger partial charge in [0.25, 0.3) is 5.89 Å². The Morgan fingerprint density at radius 1 is 1.15 bits per heavy atom. The van der Waals surface area contributed by atoms with Gasteiger partial charge in [0.15, 0.2) is 0 Å². The second kappa shape index (κ2) is 7.11. The van der Waals surface area contributed by atoms with Crippen LogP contribution in [0.5, 0.6) is 0 Å². The first-order chi connectivity index (χ1) is 12.4. The molecule has 0 spiro atoms. The summed E-state index contributed by atoms with van der Waals surface area (Å²) in [5.74, 6) is -0.737. The van der Waals surface area contributed by atoms with Crippen molar-refractivity contribution in [2.24, 2.45) is 0 Å². The lowest BCUT2D eigenvalue weighted by molar-refractivity contribution is -0.135. The number of amides is 1. The van der Waals surface area contributed by atoms with Gasteiger partial charge in [-0.15, -0.1) is 5.10 Å². The number of carbonyl (C=O) groups excluding carboxylic acids is 1. The number of carbonyl (C=O) groups is 1. The maximum atomic E-state index is 12.6. The SMILES string of the molecule is CC(C)N(C(=O)Cn1nc(-c2nccc3ccccc23)oc1=O)C(C)C. The Balaban J connectivity index is 1.95. The Morgan fingerprint density at radius 2 is 1.85 bits per heavy atom. The van der Waals surface area contributed by atoms with Gasteiger partial charge in [-0.25, -0.2) is 4.79 Å². The fourth-order valence-corrected chi connectivity index (χ4v) is 3.17. The van der Waals surface area contributed by atoms with Crippen molar-refractivity contribution >= 4 is 16.7 Å². The Bertz CT molecular complexity index is 974. The van der Waals surface area contributed by atoms with E-state index in [0.29, 0.717) is 5.69 Å². The summed E-state index contributed by atoms with van der Waals surface area (Å²) in [6.45, 7) is 7.59. The van der Waals surface area contributed by atoms with Crippen molar-refractivity contribution in [3.05, 3.63) is 47.1 Å². The van der Waals surface area contributed by atoms with Crippen LogP contribution in [0.1, 0.15) is 27.7 Å². The molecule has 0 atom stereocenters. The van der Waals surface area contributed by atoms with Crippen molar-refractivity contribution in [1.29, 1.82) is 0 Å². The molecule has 26 heavy (non-hydrogen) atoms. The Kier molecular flexibility index (Phi) is 4.88. The van der Waals surface area contributed by atoms with Crippen molar-refractivity contribution in [1.82, 2.24) is 19.7 Å². The molecule has 0 bridgehead atoms. The second-order valence-electron chi connectivity index (χ2n) is 6.70. The van der Waals surface area contributed by atoms with Crippen LogP contribution in [-0.2, 0) is 11.3 Å². The van der Waals surface area contributed by atoms with Gasteiger partial charge in [-0.2, -0.15) is 4.68 Å². The number of nitrogens with zero attached hydrogens (tertiary/aromatic N) is 4. The molecular weight excluding hydrogens is 332 g/mol. The van der Waals surface area contributed by atoms with Crippen LogP contribution < -0.4 is 5.76 Å². The van der Waals surface area contributed by atoms with Crippen LogP contribution in [-0.4, -0.2) is 37.7 Å². The van der Waals surface area contributed by atoms with E-state index in [9.17, 15) is 9.59 Å². The predicted molar refractivity (Wildman–Crippen MR) is 98.6 cm³/mol. The summed E-state index contributed by atoms with van der Waals surface area (Å²) in [4.78, 5) is 30.8. The van der Waals surface area contributed by atoms with Gasteiger partial charge in [-0.3, -0.25) is 9.78 Å². The zero-order valence-corrected chi connectivity index (χ0v) is 15.3. The van der Waals surface area contributed by atoms with Crippen molar-refractivity contribution < 1.29 is 9.21 Å². The third-order valence-corrected chi connectivity index (χ3v) is 4.17. The number of pyridine rings is 1. The number of hydrogen-bond donors (Lipinski definition) is 0. The van der Waals surface area contributed by atoms with E-state index in [0.717, 1.165) is 15.5 Å². The standard InChI is InChI=1S/C19H22N4O3/c1-12(2)23(13(3)4)16(24)11-22-19(25)26-18(21-22)17-15-8-6-5-7-14(15)9-10-20-17/h5-10,12-13H,11H2,1-4H3. The molecule has 7 nitrogen and oxygen atoms in total. The molecule has 0 saturated carbocycles.